The Morgan fingerprint density at radius 1 is 0.812 bits per heavy atom. The molecule has 0 aromatic heterocycles. The molecular weight excluding hydrogens is 452 g/mol. The van der Waals surface area contributed by atoms with Gasteiger partial charge in [-0.3, -0.25) is 4.79 Å². The van der Waals surface area contributed by atoms with E-state index in [2.05, 4.69) is 0 Å². The van der Waals surface area contributed by atoms with Crippen LogP contribution in [0.4, 0.5) is 0 Å². The molecule has 1 aliphatic heterocycles. The minimum atomic E-state index is -4.07. The summed E-state index contributed by atoms with van der Waals surface area (Å²) in [7, 11) is -7.87. The van der Waals surface area contributed by atoms with E-state index in [-0.39, 0.29) is 22.8 Å². The second-order valence-corrected chi connectivity index (χ2v) is 10.9. The van der Waals surface area contributed by atoms with Crippen LogP contribution in [0.3, 0.4) is 0 Å². The fourth-order valence-electron chi connectivity index (χ4n) is 3.75. The van der Waals surface area contributed by atoms with E-state index in [1.807, 2.05) is 6.07 Å². The molecule has 1 aliphatic rings. The summed E-state index contributed by atoms with van der Waals surface area (Å²) in [5.41, 5.74) is 2.95. The third-order valence-corrected chi connectivity index (χ3v) is 8.27. The van der Waals surface area contributed by atoms with Gasteiger partial charge in [0.05, 0.1) is 9.79 Å². The van der Waals surface area contributed by atoms with Crippen LogP contribution in [0, 0.1) is 0 Å². The molecule has 0 unspecified atom stereocenters. The molecule has 0 aliphatic carbocycles. The van der Waals surface area contributed by atoms with Gasteiger partial charge in [-0.05, 0) is 46.5 Å². The van der Waals surface area contributed by atoms with Crippen molar-refractivity contribution < 1.29 is 26.7 Å². The molecule has 0 fully saturated rings. The third-order valence-electron chi connectivity index (χ3n) is 5.47. The molecule has 0 saturated carbocycles. The van der Waals surface area contributed by atoms with Crippen LogP contribution >= 0.6 is 0 Å². The number of nitrogens with zero attached hydrogens (tertiary/aromatic N) is 1. The van der Waals surface area contributed by atoms with Crippen LogP contribution in [0.15, 0.2) is 82.6 Å². The van der Waals surface area contributed by atoms with Gasteiger partial charge in [0.2, 0.25) is 20.0 Å². The molecule has 0 amide bonds. The first kappa shape index (κ1) is 22.2. The van der Waals surface area contributed by atoms with E-state index < -0.39 is 32.1 Å². The highest BCUT2D eigenvalue weighted by Gasteiger charge is 2.39. The number of rotatable bonds is 5. The summed E-state index contributed by atoms with van der Waals surface area (Å²) in [5.74, 6) is -1.20. The van der Waals surface area contributed by atoms with Gasteiger partial charge in [-0.25, -0.2) is 22.0 Å². The molecule has 0 spiro atoms. The normalized spacial score (nSPS) is 17.0. The van der Waals surface area contributed by atoms with Gasteiger partial charge in [0, 0.05) is 13.0 Å². The topological polar surface area (TPSA) is 135 Å². The zero-order chi connectivity index (χ0) is 23.1. The zero-order valence-corrected chi connectivity index (χ0v) is 18.4. The number of hydrogen-bond donors (Lipinski definition) is 2. The Kier molecular flexibility index (Phi) is 5.63. The fourth-order valence-corrected chi connectivity index (χ4v) is 5.83. The largest absolute Gasteiger partial charge is 0.480 e. The number of benzene rings is 3. The molecule has 8 nitrogen and oxygen atoms in total. The van der Waals surface area contributed by atoms with E-state index in [0.717, 1.165) is 15.4 Å². The molecule has 1 heterocycles. The Morgan fingerprint density at radius 2 is 1.31 bits per heavy atom. The van der Waals surface area contributed by atoms with E-state index in [4.69, 9.17) is 5.14 Å². The Bertz CT molecular complexity index is 1380. The van der Waals surface area contributed by atoms with Gasteiger partial charge in [-0.15, -0.1) is 0 Å². The van der Waals surface area contributed by atoms with Crippen LogP contribution in [0.5, 0.6) is 0 Å². The summed E-state index contributed by atoms with van der Waals surface area (Å²) in [6, 6.07) is 17.9. The molecule has 3 N–H and O–H groups in total. The second-order valence-electron chi connectivity index (χ2n) is 7.47. The Hall–Kier alpha value is -3.05. The molecular formula is C22H20N2O6S2. The first-order valence-electron chi connectivity index (χ1n) is 9.62. The van der Waals surface area contributed by atoms with Crippen molar-refractivity contribution in [2.45, 2.75) is 28.8 Å². The lowest BCUT2D eigenvalue weighted by Crippen LogP contribution is -2.48. The molecule has 10 heteroatoms. The molecule has 0 saturated heterocycles. The smallest absolute Gasteiger partial charge is 0.322 e. The van der Waals surface area contributed by atoms with Gasteiger partial charge in [0.15, 0.2) is 0 Å². The highest BCUT2D eigenvalue weighted by molar-refractivity contribution is 7.89. The van der Waals surface area contributed by atoms with Gasteiger partial charge in [-0.1, -0.05) is 48.5 Å². The first-order valence-corrected chi connectivity index (χ1v) is 12.6. The predicted octanol–water partition coefficient (Wildman–Crippen LogP) is 2.20. The average Bonchev–Trinajstić information content (AvgIpc) is 2.77. The molecule has 0 bridgehead atoms. The van der Waals surface area contributed by atoms with Crippen molar-refractivity contribution >= 4 is 26.0 Å². The molecule has 3 aromatic rings. The van der Waals surface area contributed by atoms with Crippen molar-refractivity contribution in [2.24, 2.45) is 5.14 Å². The molecule has 3 aromatic carbocycles. The number of aliphatic carboxylic acids is 1. The number of carboxylic acid groups (broad SMARTS) is 1. The quantitative estimate of drug-likeness (QED) is 0.585. The lowest BCUT2D eigenvalue weighted by Gasteiger charge is -2.33. The van der Waals surface area contributed by atoms with E-state index in [1.165, 1.54) is 24.3 Å². The summed E-state index contributed by atoms with van der Waals surface area (Å²) >= 11 is 0. The number of carbonyl (C=O) groups is 1. The fraction of sp³-hybridized carbons (Fsp3) is 0.136. The van der Waals surface area contributed by atoms with Crippen LogP contribution in [-0.4, -0.2) is 38.3 Å². The van der Waals surface area contributed by atoms with Crippen molar-refractivity contribution in [3.63, 3.8) is 0 Å². The summed E-state index contributed by atoms with van der Waals surface area (Å²) in [5, 5.41) is 14.8. The summed E-state index contributed by atoms with van der Waals surface area (Å²) in [4.78, 5) is 11.8. The van der Waals surface area contributed by atoms with Crippen LogP contribution in [-0.2, 0) is 37.8 Å². The molecule has 4 rings (SSSR count). The van der Waals surface area contributed by atoms with Gasteiger partial charge < -0.3 is 5.11 Å². The van der Waals surface area contributed by atoms with Gasteiger partial charge in [0.25, 0.3) is 0 Å². The maximum Gasteiger partial charge on any atom is 0.322 e. The summed E-state index contributed by atoms with van der Waals surface area (Å²) < 4.78 is 50.4. The number of primary sulfonamides is 1. The van der Waals surface area contributed by atoms with Gasteiger partial charge in [-0.2, -0.15) is 4.31 Å². The Balaban J connectivity index is 1.65. The SMILES string of the molecule is NS(=O)(=O)c1ccc(-c2ccc(S(=O)(=O)N3Cc4ccccc4C[C@@H]3C(=O)O)cc2)cc1. The van der Waals surface area contributed by atoms with Crippen LogP contribution in [0.1, 0.15) is 11.1 Å². The number of carboxylic acids is 1. The van der Waals surface area contributed by atoms with Crippen molar-refractivity contribution in [1.82, 2.24) is 4.31 Å². The lowest BCUT2D eigenvalue weighted by molar-refractivity contribution is -0.141. The average molecular weight is 473 g/mol. The molecule has 0 radical (unpaired) electrons. The monoisotopic (exact) mass is 472 g/mol. The Labute approximate surface area is 186 Å². The number of fused-ring (bicyclic) bond motifs is 1. The van der Waals surface area contributed by atoms with E-state index in [1.54, 1.807) is 42.5 Å². The standard InChI is InChI=1S/C22H20N2O6S2/c23-31(27,28)19-9-5-15(6-10-19)16-7-11-20(12-8-16)32(29,30)24-14-18-4-2-1-3-17(18)13-21(24)22(25)26/h1-12,21H,13-14H2,(H,25,26)(H2,23,27,28)/t21-/m1/s1. The lowest BCUT2D eigenvalue weighted by atomic mass is 9.96. The van der Waals surface area contributed by atoms with E-state index in [9.17, 15) is 26.7 Å². The number of sulfonamides is 2. The Morgan fingerprint density at radius 3 is 1.81 bits per heavy atom. The van der Waals surface area contributed by atoms with Crippen molar-refractivity contribution in [2.75, 3.05) is 0 Å². The number of nitrogens with two attached hydrogens (primary N) is 1. The third kappa shape index (κ3) is 4.17. The highest BCUT2D eigenvalue weighted by Crippen LogP contribution is 2.30. The maximum absolute atomic E-state index is 13.3. The van der Waals surface area contributed by atoms with Crippen LogP contribution in [0.25, 0.3) is 11.1 Å². The molecule has 1 atom stereocenters. The van der Waals surface area contributed by atoms with E-state index in [0.29, 0.717) is 11.1 Å². The summed E-state index contributed by atoms with van der Waals surface area (Å²) in [6.07, 6.45) is 0.0964. The minimum Gasteiger partial charge on any atom is -0.480 e. The number of hydrogen-bond acceptors (Lipinski definition) is 5. The zero-order valence-electron chi connectivity index (χ0n) is 16.7. The predicted molar refractivity (Wildman–Crippen MR) is 118 cm³/mol. The van der Waals surface area contributed by atoms with Crippen molar-refractivity contribution in [3.05, 3.63) is 83.9 Å². The van der Waals surface area contributed by atoms with E-state index >= 15 is 0 Å². The van der Waals surface area contributed by atoms with Gasteiger partial charge in [0.1, 0.15) is 6.04 Å². The first-order chi connectivity index (χ1) is 15.1. The molecule has 32 heavy (non-hydrogen) atoms. The minimum absolute atomic E-state index is 0.0203. The highest BCUT2D eigenvalue weighted by atomic mass is 32.2. The van der Waals surface area contributed by atoms with Crippen LogP contribution < -0.4 is 5.14 Å². The van der Waals surface area contributed by atoms with Crippen molar-refractivity contribution in [3.8, 4) is 11.1 Å². The summed E-state index contributed by atoms with van der Waals surface area (Å²) in [6.45, 7) is -0.0216. The molecule has 166 valence electrons. The van der Waals surface area contributed by atoms with Crippen LogP contribution in [0.2, 0.25) is 0 Å². The van der Waals surface area contributed by atoms with Gasteiger partial charge >= 0.3 is 5.97 Å². The second kappa shape index (κ2) is 8.14. The van der Waals surface area contributed by atoms with Crippen molar-refractivity contribution in [1.29, 1.82) is 0 Å². The maximum atomic E-state index is 13.3.